The van der Waals surface area contributed by atoms with Gasteiger partial charge in [-0.25, -0.2) is 4.98 Å². The summed E-state index contributed by atoms with van der Waals surface area (Å²) in [5, 5.41) is 0. The van der Waals surface area contributed by atoms with E-state index in [0.717, 1.165) is 17.4 Å². The molecule has 1 fully saturated rings. The zero-order valence-electron chi connectivity index (χ0n) is 12.8. The SMILES string of the molecule is COc1cnc(OC2CCN(c3ncc(Br)c(OC)n3)C2)nc1. The van der Waals surface area contributed by atoms with Crippen LogP contribution in [0.25, 0.3) is 0 Å². The van der Waals surface area contributed by atoms with Gasteiger partial charge in [-0.2, -0.15) is 15.0 Å². The summed E-state index contributed by atoms with van der Waals surface area (Å²) < 4.78 is 16.7. The van der Waals surface area contributed by atoms with Gasteiger partial charge in [0.25, 0.3) is 0 Å². The van der Waals surface area contributed by atoms with E-state index in [2.05, 4.69) is 35.9 Å². The standard InChI is InChI=1S/C14H16BrN5O3/c1-21-10-5-17-14(18-6-10)23-9-3-4-20(8-9)13-16-7-11(15)12(19-13)22-2/h5-7,9H,3-4,8H2,1-2H3. The summed E-state index contributed by atoms with van der Waals surface area (Å²) in [6.07, 6.45) is 5.68. The van der Waals surface area contributed by atoms with E-state index in [9.17, 15) is 0 Å². The molecular formula is C14H16BrN5O3. The van der Waals surface area contributed by atoms with Crippen LogP contribution >= 0.6 is 15.9 Å². The van der Waals surface area contributed by atoms with Crippen molar-refractivity contribution in [3.63, 3.8) is 0 Å². The Morgan fingerprint density at radius 3 is 2.61 bits per heavy atom. The van der Waals surface area contributed by atoms with Gasteiger partial charge in [0, 0.05) is 13.0 Å². The lowest BCUT2D eigenvalue weighted by atomic mass is 10.3. The first-order valence-electron chi connectivity index (χ1n) is 7.03. The summed E-state index contributed by atoms with van der Waals surface area (Å²) in [5.41, 5.74) is 0. The molecule has 122 valence electrons. The van der Waals surface area contributed by atoms with E-state index in [0.29, 0.717) is 30.1 Å². The van der Waals surface area contributed by atoms with E-state index in [1.807, 2.05) is 4.90 Å². The van der Waals surface area contributed by atoms with Crippen LogP contribution in [0.3, 0.4) is 0 Å². The summed E-state index contributed by atoms with van der Waals surface area (Å²) in [5.74, 6) is 1.73. The Hall–Kier alpha value is -2.16. The molecule has 0 saturated carbocycles. The number of hydrogen-bond donors (Lipinski definition) is 0. The summed E-state index contributed by atoms with van der Waals surface area (Å²) in [4.78, 5) is 19.0. The molecule has 0 aromatic carbocycles. The lowest BCUT2D eigenvalue weighted by Gasteiger charge is -2.17. The first-order chi connectivity index (χ1) is 11.2. The summed E-state index contributed by atoms with van der Waals surface area (Å²) in [6.45, 7) is 1.46. The molecule has 2 aromatic heterocycles. The first-order valence-corrected chi connectivity index (χ1v) is 7.83. The predicted octanol–water partition coefficient (Wildman–Crippen LogP) is 1.70. The van der Waals surface area contributed by atoms with Crippen LogP contribution in [0.4, 0.5) is 5.95 Å². The number of nitrogens with zero attached hydrogens (tertiary/aromatic N) is 5. The highest BCUT2D eigenvalue weighted by Gasteiger charge is 2.27. The van der Waals surface area contributed by atoms with E-state index in [1.165, 1.54) is 0 Å². The molecule has 0 N–H and O–H groups in total. The van der Waals surface area contributed by atoms with E-state index in [4.69, 9.17) is 14.2 Å². The molecule has 23 heavy (non-hydrogen) atoms. The zero-order chi connectivity index (χ0) is 16.2. The Morgan fingerprint density at radius 2 is 1.91 bits per heavy atom. The van der Waals surface area contributed by atoms with Crippen LogP contribution in [0.15, 0.2) is 23.1 Å². The Balaban J connectivity index is 1.63. The van der Waals surface area contributed by atoms with Crippen LogP contribution in [0.5, 0.6) is 17.6 Å². The minimum Gasteiger partial charge on any atom is -0.494 e. The molecule has 1 aliphatic rings. The number of aromatic nitrogens is 4. The second-order valence-electron chi connectivity index (χ2n) is 4.91. The van der Waals surface area contributed by atoms with Gasteiger partial charge < -0.3 is 19.1 Å². The third-order valence-corrected chi connectivity index (χ3v) is 3.98. The second-order valence-corrected chi connectivity index (χ2v) is 5.76. The maximum atomic E-state index is 5.79. The van der Waals surface area contributed by atoms with Gasteiger partial charge in [0.2, 0.25) is 11.8 Å². The molecule has 2 aromatic rings. The smallest absolute Gasteiger partial charge is 0.316 e. The topological polar surface area (TPSA) is 82.5 Å². The average Bonchev–Trinajstić information content (AvgIpc) is 3.04. The molecule has 1 saturated heterocycles. The fraction of sp³-hybridized carbons (Fsp3) is 0.429. The van der Waals surface area contributed by atoms with Crippen LogP contribution in [-0.2, 0) is 0 Å². The van der Waals surface area contributed by atoms with E-state index in [-0.39, 0.29) is 6.10 Å². The fourth-order valence-corrected chi connectivity index (χ4v) is 2.62. The van der Waals surface area contributed by atoms with Crippen molar-refractivity contribution in [1.82, 2.24) is 19.9 Å². The molecule has 1 aliphatic heterocycles. The molecule has 1 unspecified atom stereocenters. The normalized spacial score (nSPS) is 17.2. The highest BCUT2D eigenvalue weighted by Crippen LogP contribution is 2.26. The van der Waals surface area contributed by atoms with E-state index < -0.39 is 0 Å². The number of anilines is 1. The van der Waals surface area contributed by atoms with Gasteiger partial charge in [0.05, 0.1) is 43.8 Å². The Morgan fingerprint density at radius 1 is 1.13 bits per heavy atom. The lowest BCUT2D eigenvalue weighted by Crippen LogP contribution is -2.26. The van der Waals surface area contributed by atoms with Crippen molar-refractivity contribution in [2.24, 2.45) is 0 Å². The highest BCUT2D eigenvalue weighted by atomic mass is 79.9. The highest BCUT2D eigenvalue weighted by molar-refractivity contribution is 9.10. The van der Waals surface area contributed by atoms with E-state index in [1.54, 1.807) is 32.8 Å². The number of hydrogen-bond acceptors (Lipinski definition) is 8. The van der Waals surface area contributed by atoms with Gasteiger partial charge in [-0.15, -0.1) is 0 Å². The third-order valence-electron chi connectivity index (χ3n) is 3.43. The third kappa shape index (κ3) is 3.61. The molecule has 1 atom stereocenters. The molecular weight excluding hydrogens is 366 g/mol. The zero-order valence-corrected chi connectivity index (χ0v) is 14.4. The van der Waals surface area contributed by atoms with Gasteiger partial charge in [-0.3, -0.25) is 0 Å². The summed E-state index contributed by atoms with van der Waals surface area (Å²) in [6, 6.07) is 0.340. The maximum absolute atomic E-state index is 5.79. The van der Waals surface area contributed by atoms with Crippen molar-refractivity contribution in [2.75, 3.05) is 32.2 Å². The predicted molar refractivity (Wildman–Crippen MR) is 86.1 cm³/mol. The number of methoxy groups -OCH3 is 2. The van der Waals surface area contributed by atoms with Crippen LogP contribution in [0.2, 0.25) is 0 Å². The van der Waals surface area contributed by atoms with Crippen LogP contribution in [-0.4, -0.2) is 53.3 Å². The number of ether oxygens (including phenoxy) is 3. The Bertz CT molecular complexity index is 670. The largest absolute Gasteiger partial charge is 0.494 e. The summed E-state index contributed by atoms with van der Waals surface area (Å²) in [7, 11) is 3.15. The van der Waals surface area contributed by atoms with E-state index >= 15 is 0 Å². The molecule has 0 radical (unpaired) electrons. The molecule has 0 bridgehead atoms. The van der Waals surface area contributed by atoms with Crippen molar-refractivity contribution >= 4 is 21.9 Å². The molecule has 0 amide bonds. The number of halogens is 1. The molecule has 3 rings (SSSR count). The molecule has 9 heteroatoms. The quantitative estimate of drug-likeness (QED) is 0.773. The van der Waals surface area contributed by atoms with Crippen molar-refractivity contribution < 1.29 is 14.2 Å². The monoisotopic (exact) mass is 381 g/mol. The number of rotatable bonds is 5. The maximum Gasteiger partial charge on any atom is 0.316 e. The van der Waals surface area contributed by atoms with Crippen LogP contribution in [0.1, 0.15) is 6.42 Å². The lowest BCUT2D eigenvalue weighted by molar-refractivity contribution is 0.205. The van der Waals surface area contributed by atoms with Gasteiger partial charge in [-0.05, 0) is 15.9 Å². The fourth-order valence-electron chi connectivity index (χ4n) is 2.26. The molecule has 0 aliphatic carbocycles. The Kier molecular flexibility index (Phi) is 4.75. The van der Waals surface area contributed by atoms with Crippen LogP contribution < -0.4 is 19.1 Å². The van der Waals surface area contributed by atoms with Crippen molar-refractivity contribution in [1.29, 1.82) is 0 Å². The van der Waals surface area contributed by atoms with Crippen molar-refractivity contribution in [3.05, 3.63) is 23.1 Å². The van der Waals surface area contributed by atoms with Gasteiger partial charge in [0.15, 0.2) is 5.75 Å². The van der Waals surface area contributed by atoms with Gasteiger partial charge in [-0.1, -0.05) is 0 Å². The average molecular weight is 382 g/mol. The molecule has 3 heterocycles. The van der Waals surface area contributed by atoms with Gasteiger partial charge in [0.1, 0.15) is 6.10 Å². The molecule has 0 spiro atoms. The molecule has 8 nitrogen and oxygen atoms in total. The minimum atomic E-state index is -0.0124. The van der Waals surface area contributed by atoms with Crippen LogP contribution in [0, 0.1) is 0 Å². The second kappa shape index (κ2) is 6.95. The van der Waals surface area contributed by atoms with Gasteiger partial charge >= 0.3 is 6.01 Å². The Labute approximate surface area is 142 Å². The summed E-state index contributed by atoms with van der Waals surface area (Å²) >= 11 is 3.35. The van der Waals surface area contributed by atoms with Crippen molar-refractivity contribution in [3.8, 4) is 17.6 Å². The first kappa shape index (κ1) is 15.7. The minimum absolute atomic E-state index is 0.0124. The van der Waals surface area contributed by atoms with Crippen molar-refractivity contribution in [2.45, 2.75) is 12.5 Å².